The van der Waals surface area contributed by atoms with Crippen molar-refractivity contribution in [3.63, 3.8) is 0 Å². The highest BCUT2D eigenvalue weighted by molar-refractivity contribution is 5.56. The number of benzene rings is 1. The highest BCUT2D eigenvalue weighted by Crippen LogP contribution is 2.26. The lowest BCUT2D eigenvalue weighted by Crippen LogP contribution is -2.31. The van der Waals surface area contributed by atoms with E-state index in [-0.39, 0.29) is 11.8 Å². The third-order valence-corrected chi connectivity index (χ3v) is 3.15. The standard InChI is InChI=1S/C15H25N3O3/c1-11(2)17(5)7-6-16-13-8-14(18(19)20)10-15(9-13)21-12(3)4/h8-12,16H,6-7H2,1-5H3. The minimum atomic E-state index is -0.404. The molecule has 1 rings (SSSR count). The van der Waals surface area contributed by atoms with E-state index < -0.39 is 4.92 Å². The Morgan fingerprint density at radius 1 is 1.29 bits per heavy atom. The predicted molar refractivity (Wildman–Crippen MR) is 85.1 cm³/mol. The molecule has 6 heteroatoms. The van der Waals surface area contributed by atoms with E-state index in [4.69, 9.17) is 4.74 Å². The first-order valence-corrected chi connectivity index (χ1v) is 7.20. The molecule has 0 spiro atoms. The molecule has 0 radical (unpaired) electrons. The van der Waals surface area contributed by atoms with Crippen molar-refractivity contribution in [1.82, 2.24) is 4.90 Å². The molecule has 1 aromatic carbocycles. The van der Waals surface area contributed by atoms with Crippen molar-refractivity contribution in [2.75, 3.05) is 25.5 Å². The van der Waals surface area contributed by atoms with Crippen LogP contribution in [0.2, 0.25) is 0 Å². The van der Waals surface area contributed by atoms with Crippen molar-refractivity contribution < 1.29 is 9.66 Å². The summed E-state index contributed by atoms with van der Waals surface area (Å²) in [7, 11) is 2.05. The second-order valence-corrected chi connectivity index (χ2v) is 5.64. The largest absolute Gasteiger partial charge is 0.491 e. The van der Waals surface area contributed by atoms with Gasteiger partial charge in [0.15, 0.2) is 0 Å². The van der Waals surface area contributed by atoms with Gasteiger partial charge in [0.05, 0.1) is 17.1 Å². The first-order chi connectivity index (χ1) is 9.79. The van der Waals surface area contributed by atoms with Gasteiger partial charge in [-0.15, -0.1) is 0 Å². The van der Waals surface area contributed by atoms with Gasteiger partial charge in [0.2, 0.25) is 0 Å². The van der Waals surface area contributed by atoms with Crippen LogP contribution in [0, 0.1) is 10.1 Å². The second-order valence-electron chi connectivity index (χ2n) is 5.64. The number of nitro benzene ring substituents is 1. The molecule has 6 nitrogen and oxygen atoms in total. The normalized spacial score (nSPS) is 11.2. The third kappa shape index (κ3) is 5.99. The van der Waals surface area contributed by atoms with Crippen molar-refractivity contribution in [3.8, 4) is 5.75 Å². The predicted octanol–water partition coefficient (Wildman–Crippen LogP) is 3.13. The Morgan fingerprint density at radius 3 is 2.48 bits per heavy atom. The van der Waals surface area contributed by atoms with Gasteiger partial charge in [0.25, 0.3) is 5.69 Å². The summed E-state index contributed by atoms with van der Waals surface area (Å²) in [5.41, 5.74) is 0.741. The van der Waals surface area contributed by atoms with Gasteiger partial charge in [-0.3, -0.25) is 10.1 Å². The Labute approximate surface area is 126 Å². The Balaban J connectivity index is 2.76. The van der Waals surface area contributed by atoms with Gasteiger partial charge in [0.1, 0.15) is 5.75 Å². The van der Waals surface area contributed by atoms with Crippen LogP contribution in [-0.2, 0) is 0 Å². The SMILES string of the molecule is CC(C)Oc1cc(NCCN(C)C(C)C)cc([N+](=O)[O-])c1. The Kier molecular flexibility index (Phi) is 6.42. The maximum atomic E-state index is 11.0. The highest BCUT2D eigenvalue weighted by atomic mass is 16.6. The van der Waals surface area contributed by atoms with Crippen molar-refractivity contribution >= 4 is 11.4 Å². The quantitative estimate of drug-likeness (QED) is 0.589. The number of hydrogen-bond acceptors (Lipinski definition) is 5. The lowest BCUT2D eigenvalue weighted by molar-refractivity contribution is -0.384. The molecule has 0 saturated carbocycles. The molecule has 0 saturated heterocycles. The van der Waals surface area contributed by atoms with Crippen LogP contribution in [0.3, 0.4) is 0 Å². The van der Waals surface area contributed by atoms with Crippen LogP contribution < -0.4 is 10.1 Å². The molecule has 0 bridgehead atoms. The number of anilines is 1. The molecular weight excluding hydrogens is 270 g/mol. The summed E-state index contributed by atoms with van der Waals surface area (Å²) in [6.45, 7) is 9.62. The zero-order valence-corrected chi connectivity index (χ0v) is 13.4. The summed E-state index contributed by atoms with van der Waals surface area (Å²) < 4.78 is 5.56. The summed E-state index contributed by atoms with van der Waals surface area (Å²) in [6, 6.07) is 5.24. The van der Waals surface area contributed by atoms with Gasteiger partial charge in [-0.2, -0.15) is 0 Å². The molecule has 1 aromatic rings. The summed E-state index contributed by atoms with van der Waals surface area (Å²) in [6.07, 6.45) is -0.0214. The van der Waals surface area contributed by atoms with E-state index in [1.165, 1.54) is 12.1 Å². The highest BCUT2D eigenvalue weighted by Gasteiger charge is 2.12. The van der Waals surface area contributed by atoms with Crippen LogP contribution in [-0.4, -0.2) is 42.1 Å². The number of likely N-dealkylation sites (N-methyl/N-ethyl adjacent to an activating group) is 1. The van der Waals surface area contributed by atoms with E-state index in [9.17, 15) is 10.1 Å². The summed E-state index contributed by atoms with van der Waals surface area (Å²) in [4.78, 5) is 12.8. The molecule has 1 N–H and O–H groups in total. The van der Waals surface area contributed by atoms with Crippen molar-refractivity contribution in [1.29, 1.82) is 0 Å². The molecule has 0 aliphatic heterocycles. The maximum absolute atomic E-state index is 11.0. The van der Waals surface area contributed by atoms with E-state index in [0.717, 1.165) is 13.1 Å². The van der Waals surface area contributed by atoms with Gasteiger partial charge in [0, 0.05) is 37.0 Å². The number of nitrogens with one attached hydrogen (secondary N) is 1. The topological polar surface area (TPSA) is 67.6 Å². The van der Waals surface area contributed by atoms with Gasteiger partial charge in [-0.05, 0) is 34.7 Å². The number of non-ortho nitro benzene ring substituents is 1. The van der Waals surface area contributed by atoms with E-state index in [1.54, 1.807) is 6.07 Å². The van der Waals surface area contributed by atoms with Gasteiger partial charge >= 0.3 is 0 Å². The van der Waals surface area contributed by atoms with Crippen molar-refractivity contribution in [3.05, 3.63) is 28.3 Å². The molecule has 0 aromatic heterocycles. The molecule has 0 amide bonds. The Bertz CT molecular complexity index is 475. The van der Waals surface area contributed by atoms with Gasteiger partial charge in [-0.25, -0.2) is 0 Å². The van der Waals surface area contributed by atoms with Crippen LogP contribution in [0.1, 0.15) is 27.7 Å². The molecular formula is C15H25N3O3. The molecule has 118 valence electrons. The van der Waals surface area contributed by atoms with Gasteiger partial charge in [-0.1, -0.05) is 0 Å². The van der Waals surface area contributed by atoms with Gasteiger partial charge < -0.3 is 15.0 Å². The average Bonchev–Trinajstić information content (AvgIpc) is 2.37. The summed E-state index contributed by atoms with van der Waals surface area (Å²) in [5.74, 6) is 0.513. The van der Waals surface area contributed by atoms with E-state index in [0.29, 0.717) is 17.5 Å². The lowest BCUT2D eigenvalue weighted by atomic mass is 10.2. The van der Waals surface area contributed by atoms with E-state index in [1.807, 2.05) is 20.9 Å². The fourth-order valence-electron chi connectivity index (χ4n) is 1.77. The number of hydrogen-bond donors (Lipinski definition) is 1. The first kappa shape index (κ1) is 17.2. The van der Waals surface area contributed by atoms with E-state index in [2.05, 4.69) is 24.1 Å². The van der Waals surface area contributed by atoms with Crippen molar-refractivity contribution in [2.24, 2.45) is 0 Å². The van der Waals surface area contributed by atoms with Crippen LogP contribution in [0.25, 0.3) is 0 Å². The second kappa shape index (κ2) is 7.83. The average molecular weight is 295 g/mol. The molecule has 0 atom stereocenters. The molecule has 0 aliphatic carbocycles. The van der Waals surface area contributed by atoms with Crippen molar-refractivity contribution in [2.45, 2.75) is 39.8 Å². The van der Waals surface area contributed by atoms with Crippen LogP contribution in [0.15, 0.2) is 18.2 Å². The van der Waals surface area contributed by atoms with Crippen LogP contribution in [0.4, 0.5) is 11.4 Å². The smallest absolute Gasteiger partial charge is 0.275 e. The minimum absolute atomic E-state index is 0.0214. The molecule has 0 unspecified atom stereocenters. The van der Waals surface area contributed by atoms with Crippen LogP contribution in [0.5, 0.6) is 5.75 Å². The molecule has 0 fully saturated rings. The zero-order chi connectivity index (χ0) is 16.0. The molecule has 0 aliphatic rings. The first-order valence-electron chi connectivity index (χ1n) is 7.20. The minimum Gasteiger partial charge on any atom is -0.491 e. The number of nitrogens with zero attached hydrogens (tertiary/aromatic N) is 2. The third-order valence-electron chi connectivity index (χ3n) is 3.15. The molecule has 0 heterocycles. The zero-order valence-electron chi connectivity index (χ0n) is 13.4. The Hall–Kier alpha value is -1.82. The number of rotatable bonds is 8. The number of ether oxygens (including phenoxy) is 1. The fraction of sp³-hybridized carbons (Fsp3) is 0.600. The van der Waals surface area contributed by atoms with E-state index >= 15 is 0 Å². The monoisotopic (exact) mass is 295 g/mol. The fourth-order valence-corrected chi connectivity index (χ4v) is 1.77. The lowest BCUT2D eigenvalue weighted by Gasteiger charge is -2.21. The molecule has 21 heavy (non-hydrogen) atoms. The number of nitro groups is 1. The summed E-state index contributed by atoms with van der Waals surface area (Å²) in [5, 5.41) is 14.2. The maximum Gasteiger partial charge on any atom is 0.275 e. The Morgan fingerprint density at radius 2 is 1.95 bits per heavy atom. The summed E-state index contributed by atoms with van der Waals surface area (Å²) >= 11 is 0. The van der Waals surface area contributed by atoms with Crippen LogP contribution >= 0.6 is 0 Å².